The summed E-state index contributed by atoms with van der Waals surface area (Å²) in [7, 11) is 0. The molecule has 21 heavy (non-hydrogen) atoms. The molecule has 0 bridgehead atoms. The van der Waals surface area contributed by atoms with Crippen LogP contribution in [0.5, 0.6) is 11.5 Å². The van der Waals surface area contributed by atoms with Crippen molar-refractivity contribution in [2.24, 2.45) is 0 Å². The summed E-state index contributed by atoms with van der Waals surface area (Å²) in [5.41, 5.74) is 1.15. The van der Waals surface area contributed by atoms with E-state index in [1.54, 1.807) is 0 Å². The van der Waals surface area contributed by atoms with Gasteiger partial charge in [-0.2, -0.15) is 0 Å². The van der Waals surface area contributed by atoms with Crippen molar-refractivity contribution in [3.63, 3.8) is 0 Å². The summed E-state index contributed by atoms with van der Waals surface area (Å²) in [6.45, 7) is 3.11. The molecule has 0 aromatic heterocycles. The molecule has 0 radical (unpaired) electrons. The number of carbonyl (C=O) groups is 1. The molecule has 1 saturated heterocycles. The van der Waals surface area contributed by atoms with Gasteiger partial charge in [0.25, 0.3) is 0 Å². The third kappa shape index (κ3) is 3.47. The van der Waals surface area contributed by atoms with Crippen LogP contribution in [-0.4, -0.2) is 41.8 Å². The number of aliphatic carboxylic acids is 1. The summed E-state index contributed by atoms with van der Waals surface area (Å²) in [6, 6.07) is 6.18. The van der Waals surface area contributed by atoms with Gasteiger partial charge >= 0.3 is 5.97 Å². The fourth-order valence-electron chi connectivity index (χ4n) is 3.08. The predicted octanol–water partition coefficient (Wildman–Crippen LogP) is 2.29. The molecule has 114 valence electrons. The lowest BCUT2D eigenvalue weighted by Gasteiger charge is -2.23. The molecular formula is C16H21NO4. The number of fused-ring (bicyclic) bond motifs is 1. The number of carboxylic acids is 1. The van der Waals surface area contributed by atoms with Crippen LogP contribution in [0.2, 0.25) is 0 Å². The number of benzene rings is 1. The van der Waals surface area contributed by atoms with Crippen molar-refractivity contribution < 1.29 is 19.4 Å². The van der Waals surface area contributed by atoms with Crippen molar-refractivity contribution in [1.29, 1.82) is 0 Å². The largest absolute Gasteiger partial charge is 0.490 e. The van der Waals surface area contributed by atoms with E-state index >= 15 is 0 Å². The Bertz CT molecular complexity index is 517. The zero-order valence-electron chi connectivity index (χ0n) is 12.1. The molecule has 1 N–H and O–H groups in total. The second-order valence-electron chi connectivity index (χ2n) is 5.70. The Kier molecular flexibility index (Phi) is 4.29. The van der Waals surface area contributed by atoms with E-state index in [4.69, 9.17) is 14.6 Å². The molecule has 1 atom stereocenters. The highest BCUT2D eigenvalue weighted by atomic mass is 16.5. The summed E-state index contributed by atoms with van der Waals surface area (Å²) in [6.07, 6.45) is 3.17. The first-order chi connectivity index (χ1) is 10.2. The van der Waals surface area contributed by atoms with Gasteiger partial charge in [-0.3, -0.25) is 9.69 Å². The zero-order valence-corrected chi connectivity index (χ0v) is 12.1. The van der Waals surface area contributed by atoms with E-state index in [1.807, 2.05) is 18.2 Å². The van der Waals surface area contributed by atoms with Gasteiger partial charge in [-0.15, -0.1) is 0 Å². The van der Waals surface area contributed by atoms with Crippen LogP contribution < -0.4 is 9.47 Å². The molecule has 2 heterocycles. The number of nitrogens with zero attached hydrogens (tertiary/aromatic N) is 1. The minimum Gasteiger partial charge on any atom is -0.490 e. The van der Waals surface area contributed by atoms with Gasteiger partial charge in [-0.25, -0.2) is 0 Å². The second kappa shape index (κ2) is 6.35. The van der Waals surface area contributed by atoms with Gasteiger partial charge in [0.2, 0.25) is 0 Å². The Morgan fingerprint density at radius 3 is 2.86 bits per heavy atom. The summed E-state index contributed by atoms with van der Waals surface area (Å²) in [4.78, 5) is 13.2. The molecular weight excluding hydrogens is 270 g/mol. The zero-order chi connectivity index (χ0) is 14.7. The van der Waals surface area contributed by atoms with E-state index in [2.05, 4.69) is 4.90 Å². The molecule has 1 fully saturated rings. The van der Waals surface area contributed by atoms with E-state index < -0.39 is 5.97 Å². The smallest absolute Gasteiger partial charge is 0.304 e. The van der Waals surface area contributed by atoms with Crippen molar-refractivity contribution >= 4 is 5.97 Å². The fraction of sp³-hybridized carbons (Fsp3) is 0.562. The maximum Gasteiger partial charge on any atom is 0.304 e. The molecule has 5 heteroatoms. The molecule has 0 saturated carbocycles. The molecule has 3 rings (SSSR count). The average Bonchev–Trinajstić information content (AvgIpc) is 2.74. The lowest BCUT2D eigenvalue weighted by atomic mass is 10.1. The third-order valence-electron chi connectivity index (χ3n) is 4.11. The Hall–Kier alpha value is -1.75. The molecule has 1 aromatic rings. The highest BCUT2D eigenvalue weighted by Crippen LogP contribution is 2.32. The molecule has 1 unspecified atom stereocenters. The van der Waals surface area contributed by atoms with Crippen LogP contribution in [0.4, 0.5) is 0 Å². The van der Waals surface area contributed by atoms with Crippen molar-refractivity contribution in [3.8, 4) is 11.5 Å². The molecule has 0 aliphatic carbocycles. The third-order valence-corrected chi connectivity index (χ3v) is 4.11. The Balaban J connectivity index is 1.69. The first kappa shape index (κ1) is 14.2. The highest BCUT2D eigenvalue weighted by Gasteiger charge is 2.26. The number of carboxylic acid groups (broad SMARTS) is 1. The van der Waals surface area contributed by atoms with E-state index in [9.17, 15) is 4.79 Å². The fourth-order valence-corrected chi connectivity index (χ4v) is 3.08. The summed E-state index contributed by atoms with van der Waals surface area (Å²) in [5.74, 6) is 0.893. The normalized spacial score (nSPS) is 22.0. The van der Waals surface area contributed by atoms with E-state index in [1.165, 1.54) is 0 Å². The Labute approximate surface area is 124 Å². The van der Waals surface area contributed by atoms with Crippen LogP contribution in [0.15, 0.2) is 18.2 Å². The van der Waals surface area contributed by atoms with Gasteiger partial charge in [0.05, 0.1) is 19.6 Å². The van der Waals surface area contributed by atoms with Crippen molar-refractivity contribution in [3.05, 3.63) is 23.8 Å². The van der Waals surface area contributed by atoms with Gasteiger partial charge in [0.15, 0.2) is 11.5 Å². The van der Waals surface area contributed by atoms with Gasteiger partial charge in [0, 0.05) is 19.0 Å². The van der Waals surface area contributed by atoms with Gasteiger partial charge in [-0.05, 0) is 37.1 Å². The van der Waals surface area contributed by atoms with Crippen molar-refractivity contribution in [2.75, 3.05) is 19.8 Å². The molecule has 2 aliphatic rings. The number of likely N-dealkylation sites (tertiary alicyclic amines) is 1. The van der Waals surface area contributed by atoms with Gasteiger partial charge in [-0.1, -0.05) is 6.07 Å². The van der Waals surface area contributed by atoms with Gasteiger partial charge in [0.1, 0.15) is 0 Å². The van der Waals surface area contributed by atoms with E-state index in [0.29, 0.717) is 13.2 Å². The van der Waals surface area contributed by atoms with Crippen LogP contribution in [0.3, 0.4) is 0 Å². The molecule has 0 spiro atoms. The van der Waals surface area contributed by atoms with Crippen LogP contribution in [0.25, 0.3) is 0 Å². The minimum atomic E-state index is -0.717. The maximum atomic E-state index is 10.9. The average molecular weight is 291 g/mol. The highest BCUT2D eigenvalue weighted by molar-refractivity contribution is 5.67. The number of ether oxygens (including phenoxy) is 2. The first-order valence-corrected chi connectivity index (χ1v) is 7.57. The topological polar surface area (TPSA) is 59.0 Å². The Morgan fingerprint density at radius 2 is 2.05 bits per heavy atom. The monoisotopic (exact) mass is 291 g/mol. The standard InChI is InChI=1S/C16H21NO4/c18-16(19)10-13-3-1-6-17(13)11-12-4-5-14-15(9-12)21-8-2-7-20-14/h4-5,9,13H,1-3,6-8,10-11H2,(H,18,19). The quantitative estimate of drug-likeness (QED) is 0.922. The predicted molar refractivity (Wildman–Crippen MR) is 77.7 cm³/mol. The number of rotatable bonds is 4. The summed E-state index contributed by atoms with van der Waals surface area (Å²) >= 11 is 0. The summed E-state index contributed by atoms with van der Waals surface area (Å²) < 4.78 is 11.3. The van der Waals surface area contributed by atoms with E-state index in [-0.39, 0.29) is 12.5 Å². The van der Waals surface area contributed by atoms with Crippen molar-refractivity contribution in [1.82, 2.24) is 4.90 Å². The maximum absolute atomic E-state index is 10.9. The van der Waals surface area contributed by atoms with Gasteiger partial charge < -0.3 is 14.6 Å². The molecule has 2 aliphatic heterocycles. The lowest BCUT2D eigenvalue weighted by Crippen LogP contribution is -2.30. The van der Waals surface area contributed by atoms with Crippen LogP contribution in [0.1, 0.15) is 31.2 Å². The second-order valence-corrected chi connectivity index (χ2v) is 5.70. The SMILES string of the molecule is O=C(O)CC1CCCN1Cc1ccc2c(c1)OCCCO2. The minimum absolute atomic E-state index is 0.151. The molecule has 5 nitrogen and oxygen atoms in total. The van der Waals surface area contributed by atoms with Crippen molar-refractivity contribution in [2.45, 2.75) is 38.3 Å². The summed E-state index contributed by atoms with van der Waals surface area (Å²) in [5, 5.41) is 8.98. The van der Waals surface area contributed by atoms with Crippen LogP contribution in [0, 0.1) is 0 Å². The van der Waals surface area contributed by atoms with Crippen LogP contribution >= 0.6 is 0 Å². The Morgan fingerprint density at radius 1 is 1.24 bits per heavy atom. The molecule has 0 amide bonds. The first-order valence-electron chi connectivity index (χ1n) is 7.57. The van der Waals surface area contributed by atoms with E-state index in [0.717, 1.165) is 49.4 Å². The van der Waals surface area contributed by atoms with Crippen LogP contribution in [-0.2, 0) is 11.3 Å². The molecule has 1 aromatic carbocycles. The number of hydrogen-bond acceptors (Lipinski definition) is 4. The number of hydrogen-bond donors (Lipinski definition) is 1. The lowest BCUT2D eigenvalue weighted by molar-refractivity contribution is -0.138.